The summed E-state index contributed by atoms with van der Waals surface area (Å²) in [5, 5.41) is 13.8. The van der Waals surface area contributed by atoms with Gasteiger partial charge in [0, 0.05) is 4.90 Å². The first-order chi connectivity index (χ1) is 9.97. The molecular formula is C14H14N2O3S2. The number of amides is 2. The normalized spacial score (nSPS) is 11.9. The molecule has 2 rings (SSSR count). The molecule has 7 heteroatoms. The van der Waals surface area contributed by atoms with Crippen LogP contribution >= 0.6 is 23.1 Å². The van der Waals surface area contributed by atoms with Gasteiger partial charge < -0.3 is 16.2 Å². The molecule has 0 radical (unpaired) electrons. The van der Waals surface area contributed by atoms with Crippen molar-refractivity contribution >= 4 is 39.9 Å². The Morgan fingerprint density at radius 2 is 1.95 bits per heavy atom. The van der Waals surface area contributed by atoms with Crippen molar-refractivity contribution in [1.29, 1.82) is 0 Å². The average Bonchev–Trinajstić information content (AvgIpc) is 2.89. The van der Waals surface area contributed by atoms with Crippen molar-refractivity contribution in [3.8, 4) is 5.75 Å². The molecule has 0 unspecified atom stereocenters. The lowest BCUT2D eigenvalue weighted by molar-refractivity contribution is -0.115. The molecule has 2 amide bonds. The van der Waals surface area contributed by atoms with Crippen LogP contribution in [-0.4, -0.2) is 22.2 Å². The van der Waals surface area contributed by atoms with E-state index in [9.17, 15) is 14.7 Å². The predicted molar refractivity (Wildman–Crippen MR) is 84.9 cm³/mol. The van der Waals surface area contributed by atoms with Crippen molar-refractivity contribution in [2.75, 3.05) is 5.32 Å². The molecule has 0 spiro atoms. The minimum absolute atomic E-state index is 0.182. The zero-order chi connectivity index (χ0) is 15.4. The second-order valence-corrected chi connectivity index (χ2v) is 6.60. The van der Waals surface area contributed by atoms with Gasteiger partial charge in [-0.1, -0.05) is 0 Å². The van der Waals surface area contributed by atoms with Crippen LogP contribution in [0.5, 0.6) is 5.75 Å². The monoisotopic (exact) mass is 322 g/mol. The van der Waals surface area contributed by atoms with Crippen LogP contribution in [0.4, 0.5) is 5.00 Å². The summed E-state index contributed by atoms with van der Waals surface area (Å²) in [5.74, 6) is -0.593. The summed E-state index contributed by atoms with van der Waals surface area (Å²) in [5.41, 5.74) is 5.55. The molecule has 4 N–H and O–H groups in total. The van der Waals surface area contributed by atoms with Crippen molar-refractivity contribution in [2.24, 2.45) is 5.73 Å². The number of thiophene rings is 1. The third-order valence-corrected chi connectivity index (χ3v) is 4.63. The van der Waals surface area contributed by atoms with Gasteiger partial charge in [0.05, 0.1) is 10.8 Å². The van der Waals surface area contributed by atoms with Gasteiger partial charge in [0.2, 0.25) is 5.91 Å². The fourth-order valence-corrected chi connectivity index (χ4v) is 3.26. The second kappa shape index (κ2) is 6.64. The van der Waals surface area contributed by atoms with Gasteiger partial charge in [0.25, 0.3) is 5.91 Å². The third kappa shape index (κ3) is 3.99. The number of hydrogen-bond donors (Lipinski definition) is 3. The lowest BCUT2D eigenvalue weighted by Gasteiger charge is -2.11. The van der Waals surface area contributed by atoms with Crippen molar-refractivity contribution < 1.29 is 14.7 Å². The summed E-state index contributed by atoms with van der Waals surface area (Å²) in [6.45, 7) is 1.77. The number of nitrogens with two attached hydrogens (primary N) is 1. The quantitative estimate of drug-likeness (QED) is 0.738. The molecule has 0 aliphatic carbocycles. The standard InChI is InChI=1S/C14H14N2O3S2/c1-8(21-10-4-2-9(17)3-5-10)13(19)16-14-11(12(15)18)6-7-20-14/h2-8,17H,1H3,(H2,15,18)(H,16,19)/t8-/m1/s1. The number of rotatable bonds is 5. The molecule has 1 aromatic heterocycles. The van der Waals surface area contributed by atoms with E-state index in [2.05, 4.69) is 5.32 Å². The summed E-state index contributed by atoms with van der Waals surface area (Å²) in [6.07, 6.45) is 0. The zero-order valence-corrected chi connectivity index (χ0v) is 12.8. The number of phenols is 1. The second-order valence-electron chi connectivity index (χ2n) is 4.27. The largest absolute Gasteiger partial charge is 0.508 e. The Bertz CT molecular complexity index is 652. The predicted octanol–water partition coefficient (Wildman–Crippen LogP) is 2.67. The number of anilines is 1. The number of hydrogen-bond acceptors (Lipinski definition) is 5. The highest BCUT2D eigenvalue weighted by atomic mass is 32.2. The molecule has 0 fully saturated rings. The van der Waals surface area contributed by atoms with Crippen LogP contribution in [0.15, 0.2) is 40.6 Å². The fraction of sp³-hybridized carbons (Fsp3) is 0.143. The van der Waals surface area contributed by atoms with Gasteiger partial charge in [0.15, 0.2) is 0 Å². The van der Waals surface area contributed by atoms with Crippen LogP contribution < -0.4 is 11.1 Å². The number of carbonyl (C=O) groups excluding carboxylic acids is 2. The average molecular weight is 322 g/mol. The summed E-state index contributed by atoms with van der Waals surface area (Å²) in [7, 11) is 0. The summed E-state index contributed by atoms with van der Waals surface area (Å²) >= 11 is 2.62. The number of nitrogens with one attached hydrogen (secondary N) is 1. The third-order valence-electron chi connectivity index (χ3n) is 2.69. The molecule has 0 saturated carbocycles. The first-order valence-electron chi connectivity index (χ1n) is 6.11. The Morgan fingerprint density at radius 3 is 2.57 bits per heavy atom. The lowest BCUT2D eigenvalue weighted by atomic mass is 10.3. The molecule has 5 nitrogen and oxygen atoms in total. The maximum Gasteiger partial charge on any atom is 0.251 e. The van der Waals surface area contributed by atoms with Crippen LogP contribution in [0.2, 0.25) is 0 Å². The first kappa shape index (κ1) is 15.4. The van der Waals surface area contributed by atoms with Crippen molar-refractivity contribution in [2.45, 2.75) is 17.1 Å². The molecule has 1 atom stereocenters. The van der Waals surface area contributed by atoms with E-state index in [0.717, 1.165) is 4.90 Å². The zero-order valence-electron chi connectivity index (χ0n) is 11.2. The van der Waals surface area contributed by atoms with Crippen LogP contribution in [0.25, 0.3) is 0 Å². The van der Waals surface area contributed by atoms with Gasteiger partial charge in [-0.3, -0.25) is 9.59 Å². The first-order valence-corrected chi connectivity index (χ1v) is 7.87. The van der Waals surface area contributed by atoms with Crippen LogP contribution in [0.3, 0.4) is 0 Å². The smallest absolute Gasteiger partial charge is 0.251 e. The van der Waals surface area contributed by atoms with E-state index in [-0.39, 0.29) is 16.9 Å². The molecule has 1 aromatic carbocycles. The Morgan fingerprint density at radius 1 is 1.29 bits per heavy atom. The van der Waals surface area contributed by atoms with E-state index >= 15 is 0 Å². The molecule has 0 bridgehead atoms. The fourth-order valence-electron chi connectivity index (χ4n) is 1.60. The minimum Gasteiger partial charge on any atom is -0.508 e. The maximum atomic E-state index is 12.1. The van der Waals surface area contributed by atoms with Gasteiger partial charge in [-0.05, 0) is 42.6 Å². The maximum absolute atomic E-state index is 12.1. The van der Waals surface area contributed by atoms with Crippen LogP contribution in [-0.2, 0) is 4.79 Å². The van der Waals surface area contributed by atoms with Gasteiger partial charge in [-0.25, -0.2) is 0 Å². The van der Waals surface area contributed by atoms with Gasteiger partial charge >= 0.3 is 0 Å². The number of phenolic OH excluding ortho intramolecular Hbond substituents is 1. The van der Waals surface area contributed by atoms with E-state index in [1.54, 1.807) is 42.6 Å². The van der Waals surface area contributed by atoms with E-state index in [4.69, 9.17) is 5.73 Å². The van der Waals surface area contributed by atoms with E-state index < -0.39 is 5.91 Å². The number of primary amides is 1. The Labute approximate surface area is 130 Å². The number of carbonyl (C=O) groups is 2. The molecule has 1 heterocycles. The SMILES string of the molecule is C[C@@H](Sc1ccc(O)cc1)C(=O)Nc1sccc1C(N)=O. The summed E-state index contributed by atoms with van der Waals surface area (Å²) in [6, 6.07) is 8.20. The number of benzene rings is 1. The lowest BCUT2D eigenvalue weighted by Crippen LogP contribution is -2.23. The van der Waals surface area contributed by atoms with E-state index in [1.165, 1.54) is 23.1 Å². The molecule has 0 aliphatic rings. The molecule has 0 saturated heterocycles. The molecule has 2 aromatic rings. The van der Waals surface area contributed by atoms with Gasteiger partial charge in [0.1, 0.15) is 10.8 Å². The molecular weight excluding hydrogens is 308 g/mol. The summed E-state index contributed by atoms with van der Waals surface area (Å²) in [4.78, 5) is 24.2. The summed E-state index contributed by atoms with van der Waals surface area (Å²) < 4.78 is 0. The van der Waals surface area contributed by atoms with Crippen LogP contribution in [0.1, 0.15) is 17.3 Å². The van der Waals surface area contributed by atoms with Gasteiger partial charge in [-0.15, -0.1) is 23.1 Å². The highest BCUT2D eigenvalue weighted by Gasteiger charge is 2.18. The highest BCUT2D eigenvalue weighted by Crippen LogP contribution is 2.28. The van der Waals surface area contributed by atoms with E-state index in [1.807, 2.05) is 0 Å². The highest BCUT2D eigenvalue weighted by molar-refractivity contribution is 8.00. The van der Waals surface area contributed by atoms with Crippen LogP contribution in [0, 0.1) is 0 Å². The Hall–Kier alpha value is -1.99. The van der Waals surface area contributed by atoms with Crippen molar-refractivity contribution in [3.05, 3.63) is 41.3 Å². The Balaban J connectivity index is 2.01. The molecule has 0 aliphatic heterocycles. The number of aromatic hydroxyl groups is 1. The van der Waals surface area contributed by atoms with Crippen molar-refractivity contribution in [3.63, 3.8) is 0 Å². The topological polar surface area (TPSA) is 92.4 Å². The minimum atomic E-state index is -0.564. The van der Waals surface area contributed by atoms with E-state index in [0.29, 0.717) is 10.6 Å². The van der Waals surface area contributed by atoms with Crippen molar-refractivity contribution in [1.82, 2.24) is 0 Å². The van der Waals surface area contributed by atoms with Gasteiger partial charge in [-0.2, -0.15) is 0 Å². The number of thioether (sulfide) groups is 1. The molecule has 110 valence electrons. The molecule has 21 heavy (non-hydrogen) atoms. The Kier molecular flexibility index (Phi) is 4.87.